The van der Waals surface area contributed by atoms with Crippen molar-refractivity contribution in [2.24, 2.45) is 5.90 Å². The molecule has 6 nitrogen and oxygen atoms in total. The van der Waals surface area contributed by atoms with Crippen LogP contribution in [0.4, 0.5) is 0 Å². The lowest BCUT2D eigenvalue weighted by Gasteiger charge is -2.04. The summed E-state index contributed by atoms with van der Waals surface area (Å²) in [5.41, 5.74) is 0. The molecule has 0 aromatic rings. The molecule has 60 valence electrons. The van der Waals surface area contributed by atoms with Crippen LogP contribution >= 0.6 is 7.60 Å². The van der Waals surface area contributed by atoms with Crippen molar-refractivity contribution in [1.29, 1.82) is 0 Å². The summed E-state index contributed by atoms with van der Waals surface area (Å²) in [6.45, 7) is 0. The van der Waals surface area contributed by atoms with Gasteiger partial charge >= 0.3 is 13.6 Å². The molecule has 0 saturated carbocycles. The Morgan fingerprint density at radius 3 is 2.50 bits per heavy atom. The van der Waals surface area contributed by atoms with E-state index in [-0.39, 0.29) is 0 Å². The van der Waals surface area contributed by atoms with Crippen LogP contribution in [0.2, 0.25) is 0 Å². The van der Waals surface area contributed by atoms with Crippen molar-refractivity contribution < 1.29 is 24.0 Å². The van der Waals surface area contributed by atoms with Crippen LogP contribution in [0.15, 0.2) is 0 Å². The summed E-state index contributed by atoms with van der Waals surface area (Å²) in [5.74, 6) is 3.23. The Bertz CT molecular complexity index is 168. The Balaban J connectivity index is 3.68. The van der Waals surface area contributed by atoms with Gasteiger partial charge in [0.1, 0.15) is 0 Å². The number of rotatable bonds is 4. The fraction of sp³-hybridized carbons (Fsp3) is 0.667. The third kappa shape index (κ3) is 4.46. The highest BCUT2D eigenvalue weighted by Crippen LogP contribution is 2.39. The molecular weight excluding hydrogens is 161 g/mol. The molecule has 0 heterocycles. The zero-order chi connectivity index (χ0) is 8.20. The predicted molar refractivity (Wildman–Crippen MR) is 32.2 cm³/mol. The second-order valence-electron chi connectivity index (χ2n) is 1.61. The Labute approximate surface area is 57.1 Å². The minimum Gasteiger partial charge on any atom is -0.481 e. The van der Waals surface area contributed by atoms with E-state index in [9.17, 15) is 9.36 Å². The van der Waals surface area contributed by atoms with Crippen LogP contribution in [0.5, 0.6) is 0 Å². The van der Waals surface area contributed by atoms with Gasteiger partial charge in [-0.15, -0.1) is 0 Å². The molecule has 10 heavy (non-hydrogen) atoms. The maximum absolute atomic E-state index is 10.4. The zero-order valence-electron chi connectivity index (χ0n) is 5.06. The van der Waals surface area contributed by atoms with E-state index < -0.39 is 26.1 Å². The van der Waals surface area contributed by atoms with E-state index in [1.54, 1.807) is 0 Å². The highest BCUT2D eigenvalue weighted by atomic mass is 31.2. The van der Waals surface area contributed by atoms with E-state index in [0.717, 1.165) is 0 Å². The van der Waals surface area contributed by atoms with E-state index in [1.165, 1.54) is 0 Å². The summed E-state index contributed by atoms with van der Waals surface area (Å²) in [5, 5.41) is 8.04. The average Bonchev–Trinajstić information content (AvgIpc) is 1.85. The standard InChI is InChI=1S/C3H8NO5P/c4-9-10(7,8)2-1-3(5)6/h1-2,4H2,(H,5,6)(H,7,8). The first-order valence-corrected chi connectivity index (χ1v) is 4.16. The quantitative estimate of drug-likeness (QED) is 0.388. The first-order chi connectivity index (χ1) is 4.48. The van der Waals surface area contributed by atoms with Crippen molar-refractivity contribution in [1.82, 2.24) is 0 Å². The molecule has 0 bridgehead atoms. The Morgan fingerprint density at radius 2 is 2.20 bits per heavy atom. The molecule has 7 heteroatoms. The topological polar surface area (TPSA) is 110 Å². The van der Waals surface area contributed by atoms with Crippen LogP contribution in [-0.2, 0) is 14.0 Å². The van der Waals surface area contributed by atoms with E-state index in [4.69, 9.17) is 10.00 Å². The van der Waals surface area contributed by atoms with Crippen molar-refractivity contribution in [3.63, 3.8) is 0 Å². The van der Waals surface area contributed by atoms with E-state index in [2.05, 4.69) is 10.5 Å². The number of hydrogen-bond acceptors (Lipinski definition) is 4. The van der Waals surface area contributed by atoms with Gasteiger partial charge in [-0.1, -0.05) is 0 Å². The normalized spacial score (nSPS) is 16.2. The number of aliphatic carboxylic acids is 1. The summed E-state index contributed by atoms with van der Waals surface area (Å²) in [4.78, 5) is 18.4. The van der Waals surface area contributed by atoms with Gasteiger partial charge in [0.15, 0.2) is 0 Å². The van der Waals surface area contributed by atoms with Gasteiger partial charge in [-0.25, -0.2) is 10.5 Å². The van der Waals surface area contributed by atoms with Crippen LogP contribution < -0.4 is 5.90 Å². The lowest BCUT2D eigenvalue weighted by molar-refractivity contribution is -0.136. The molecule has 0 rings (SSSR count). The van der Waals surface area contributed by atoms with E-state index in [1.807, 2.05) is 0 Å². The van der Waals surface area contributed by atoms with Crippen molar-refractivity contribution >= 4 is 13.6 Å². The van der Waals surface area contributed by atoms with Gasteiger partial charge in [-0.05, 0) is 0 Å². The van der Waals surface area contributed by atoms with Gasteiger partial charge in [0.25, 0.3) is 0 Å². The molecule has 0 saturated heterocycles. The third-order valence-corrected chi connectivity index (χ3v) is 1.89. The molecular formula is C3H8NO5P. The van der Waals surface area contributed by atoms with Crippen LogP contribution in [-0.4, -0.2) is 22.1 Å². The number of hydrogen-bond donors (Lipinski definition) is 3. The van der Waals surface area contributed by atoms with Gasteiger partial charge in [-0.3, -0.25) is 9.36 Å². The third-order valence-electron chi connectivity index (χ3n) is 0.773. The summed E-state index contributed by atoms with van der Waals surface area (Å²) in [6, 6.07) is 0. The fourth-order valence-electron chi connectivity index (χ4n) is 0.290. The van der Waals surface area contributed by atoms with Gasteiger partial charge in [0, 0.05) is 0 Å². The summed E-state index contributed by atoms with van der Waals surface area (Å²) in [7, 11) is -3.83. The van der Waals surface area contributed by atoms with Crippen molar-refractivity contribution in [3.05, 3.63) is 0 Å². The molecule has 0 amide bonds. The van der Waals surface area contributed by atoms with Crippen molar-refractivity contribution in [2.75, 3.05) is 6.16 Å². The Morgan fingerprint density at radius 1 is 1.70 bits per heavy atom. The maximum atomic E-state index is 10.4. The Hall–Kier alpha value is -0.420. The highest BCUT2D eigenvalue weighted by Gasteiger charge is 2.18. The molecule has 4 N–H and O–H groups in total. The monoisotopic (exact) mass is 169 g/mol. The van der Waals surface area contributed by atoms with Gasteiger partial charge < -0.3 is 10.00 Å². The summed E-state index contributed by atoms with van der Waals surface area (Å²) in [6.07, 6.45) is -0.885. The predicted octanol–water partition coefficient (Wildman–Crippen LogP) is -0.463. The summed E-state index contributed by atoms with van der Waals surface area (Å²) < 4.78 is 14.1. The largest absolute Gasteiger partial charge is 0.481 e. The lowest BCUT2D eigenvalue weighted by Crippen LogP contribution is -2.04. The minimum atomic E-state index is -3.83. The average molecular weight is 169 g/mol. The SMILES string of the molecule is NOP(=O)(O)CCC(=O)O. The highest BCUT2D eigenvalue weighted by molar-refractivity contribution is 7.52. The van der Waals surface area contributed by atoms with Gasteiger partial charge in [0.05, 0.1) is 12.6 Å². The van der Waals surface area contributed by atoms with Gasteiger partial charge in [0.2, 0.25) is 0 Å². The van der Waals surface area contributed by atoms with Crippen LogP contribution in [0, 0.1) is 0 Å². The molecule has 0 radical (unpaired) electrons. The summed E-state index contributed by atoms with van der Waals surface area (Å²) >= 11 is 0. The molecule has 0 aliphatic rings. The van der Waals surface area contributed by atoms with E-state index in [0.29, 0.717) is 0 Å². The smallest absolute Gasteiger partial charge is 0.344 e. The first-order valence-electron chi connectivity index (χ1n) is 2.40. The molecule has 0 aromatic carbocycles. The lowest BCUT2D eigenvalue weighted by atomic mass is 10.5. The second kappa shape index (κ2) is 3.68. The van der Waals surface area contributed by atoms with Gasteiger partial charge in [-0.2, -0.15) is 0 Å². The van der Waals surface area contributed by atoms with Crippen LogP contribution in [0.1, 0.15) is 6.42 Å². The molecule has 0 aromatic heterocycles. The number of carboxylic acids is 1. The van der Waals surface area contributed by atoms with E-state index >= 15 is 0 Å². The van der Waals surface area contributed by atoms with Crippen molar-refractivity contribution in [3.8, 4) is 0 Å². The molecule has 1 atom stereocenters. The number of carbonyl (C=O) groups is 1. The second-order valence-corrected chi connectivity index (χ2v) is 3.54. The van der Waals surface area contributed by atoms with Crippen LogP contribution in [0.3, 0.4) is 0 Å². The molecule has 0 aliphatic carbocycles. The fourth-order valence-corrected chi connectivity index (χ4v) is 0.869. The molecule has 0 aliphatic heterocycles. The molecule has 0 fully saturated rings. The zero-order valence-corrected chi connectivity index (χ0v) is 5.95. The molecule has 1 unspecified atom stereocenters. The maximum Gasteiger partial charge on any atom is 0.344 e. The first kappa shape index (κ1) is 9.58. The molecule has 0 spiro atoms. The van der Waals surface area contributed by atoms with Crippen LogP contribution in [0.25, 0.3) is 0 Å². The number of nitrogens with two attached hydrogens (primary N) is 1. The minimum absolute atomic E-state index is 0.426. The number of carboxylic acid groups (broad SMARTS) is 1. The van der Waals surface area contributed by atoms with Crippen molar-refractivity contribution in [2.45, 2.75) is 6.42 Å². The Kier molecular flexibility index (Phi) is 3.52.